The van der Waals surface area contributed by atoms with Gasteiger partial charge in [0.15, 0.2) is 15.6 Å². The van der Waals surface area contributed by atoms with E-state index >= 15 is 0 Å². The molecule has 36 heteroatoms. The molecule has 0 saturated heterocycles. The van der Waals surface area contributed by atoms with Crippen molar-refractivity contribution >= 4 is 113 Å². The fourth-order valence-electron chi connectivity index (χ4n) is 4.85. The molecule has 0 aromatic heterocycles. The molecule has 62 heavy (non-hydrogen) atoms. The van der Waals surface area contributed by atoms with Gasteiger partial charge >= 0.3 is 10.4 Å². The number of aromatic hydroxyl groups is 1. The van der Waals surface area contributed by atoms with E-state index < -0.39 is 156 Å². The van der Waals surface area contributed by atoms with Crippen LogP contribution in [-0.4, -0.2) is 119 Å². The Kier molecular flexibility index (Phi) is 14.9. The molecule has 0 radical (unpaired) electrons. The number of fused-ring (bicyclic) bond motifs is 1. The van der Waals surface area contributed by atoms with Crippen molar-refractivity contribution in [2.75, 3.05) is 31.3 Å². The van der Waals surface area contributed by atoms with Gasteiger partial charge in [0.1, 0.15) is 67.6 Å². The molecule has 0 amide bonds. The third kappa shape index (κ3) is 13.0. The SMILES string of the molecule is Nc1c(N=Nc2ccc(OCCOS(=O)(=O)O)cc2)c(S(=O)(=O)O)cc2cc(S(O)(O)O)c(N=Nc3c(S(O)(O)O)cc(S(=O)(=O)CCOS(O)(O)O)cc3S(=O)(=O)O)c(O)c12. The molecule has 0 aliphatic rings. The van der Waals surface area contributed by atoms with Gasteiger partial charge in [-0.25, -0.2) is 12.6 Å². The number of hydrogen-bond acceptors (Lipinski definition) is 26. The lowest BCUT2D eigenvalue weighted by atomic mass is 10.1. The van der Waals surface area contributed by atoms with Crippen molar-refractivity contribution in [3.8, 4) is 11.5 Å². The molecule has 4 aromatic carbocycles. The van der Waals surface area contributed by atoms with Gasteiger partial charge < -0.3 is 42.9 Å². The highest BCUT2D eigenvalue weighted by Gasteiger charge is 2.34. The predicted octanol–water partition coefficient (Wildman–Crippen LogP) is 5.74. The highest BCUT2D eigenvalue weighted by Crippen LogP contribution is 2.57. The first-order valence-corrected chi connectivity index (χ1v) is 25.8. The zero-order valence-corrected chi connectivity index (χ0v) is 35.7. The Morgan fingerprint density at radius 1 is 0.548 bits per heavy atom. The van der Waals surface area contributed by atoms with E-state index in [9.17, 15) is 75.2 Å². The van der Waals surface area contributed by atoms with Crippen molar-refractivity contribution in [3.05, 3.63) is 48.5 Å². The largest absolute Gasteiger partial charge is 0.505 e. The molecule has 0 saturated carbocycles. The number of ether oxygens (including phenoxy) is 1. The minimum absolute atomic E-state index is 0.0634. The maximum atomic E-state index is 12.9. The van der Waals surface area contributed by atoms with Crippen molar-refractivity contribution < 1.29 is 107 Å². The second-order valence-corrected chi connectivity index (χ2v) is 21.8. The molecular weight excluding hydrogens is 991 g/mol. The van der Waals surface area contributed by atoms with Crippen molar-refractivity contribution in [2.24, 2.45) is 20.5 Å². The van der Waals surface area contributed by atoms with Crippen LogP contribution in [0, 0.1) is 0 Å². The number of anilines is 1. The first-order valence-electron chi connectivity index (χ1n) is 15.4. The summed E-state index contributed by atoms with van der Waals surface area (Å²) in [5, 5.41) is 24.4. The smallest absolute Gasteiger partial charge is 0.397 e. The van der Waals surface area contributed by atoms with Crippen molar-refractivity contribution in [3.63, 3.8) is 0 Å². The topological polar surface area (TPSA) is 503 Å². The predicted molar refractivity (Wildman–Crippen MR) is 215 cm³/mol. The van der Waals surface area contributed by atoms with Gasteiger partial charge in [-0.2, -0.15) is 30.4 Å². The lowest BCUT2D eigenvalue weighted by Gasteiger charge is -2.24. The van der Waals surface area contributed by atoms with Crippen LogP contribution >= 0.6 is 32.9 Å². The summed E-state index contributed by atoms with van der Waals surface area (Å²) in [5.41, 5.74) is 1.54. The number of hydrogen-bond donors (Lipinski definition) is 14. The molecule has 0 heterocycles. The molecule has 0 atom stereocenters. The van der Waals surface area contributed by atoms with Crippen LogP contribution in [0.4, 0.5) is 28.4 Å². The Morgan fingerprint density at radius 3 is 1.55 bits per heavy atom. The summed E-state index contributed by atoms with van der Waals surface area (Å²) in [7, 11) is -31.2. The Hall–Kier alpha value is -3.97. The molecule has 4 rings (SSSR count). The second-order valence-electron chi connectivity index (χ2n) is 11.7. The van der Waals surface area contributed by atoms with E-state index in [1.165, 1.54) is 24.3 Å². The van der Waals surface area contributed by atoms with Gasteiger partial charge in [-0.1, -0.05) is 0 Å². The van der Waals surface area contributed by atoms with Gasteiger partial charge in [-0.15, -0.1) is 15.3 Å². The molecule has 4 aromatic rings. The van der Waals surface area contributed by atoms with E-state index in [-0.39, 0.29) is 30.2 Å². The standard InChI is InChI=1S/C26H31N5O24S7/c27-22-21-13(9-17(57(35,36)37)24(22)30-28-14-1-3-15(4-2-14)53-5-6-54-61(47,48)49)10-18(58(38,39)40)25(26(21)32)31-29-23-19(59(41,42)43)11-16(12-20(23)60(44,45)46)56(33,34)8-7-55-62(50,51)52/h1-4,9-12,32,38-43,50-52H,5-8,27H2,(H,35,36,37)(H,44,45,46)(H,47,48,49). The second kappa shape index (κ2) is 18.3. The maximum absolute atomic E-state index is 12.9. The van der Waals surface area contributed by atoms with E-state index in [1.54, 1.807) is 0 Å². The lowest BCUT2D eigenvalue weighted by Crippen LogP contribution is -2.15. The first-order chi connectivity index (χ1) is 28.1. The molecule has 0 spiro atoms. The number of benzene rings is 4. The van der Waals surface area contributed by atoms with Crippen molar-refractivity contribution in [1.82, 2.24) is 0 Å². The average Bonchev–Trinajstić information content (AvgIpc) is 3.09. The van der Waals surface area contributed by atoms with Crippen LogP contribution in [0.5, 0.6) is 11.5 Å². The number of nitrogens with two attached hydrogens (primary N) is 1. The minimum Gasteiger partial charge on any atom is -0.505 e. The Balaban J connectivity index is 1.93. The monoisotopic (exact) mass is 1020 g/mol. The molecule has 0 aliphatic heterocycles. The van der Waals surface area contributed by atoms with E-state index in [0.717, 1.165) is 0 Å². The van der Waals surface area contributed by atoms with E-state index in [2.05, 4.69) is 28.8 Å². The lowest BCUT2D eigenvalue weighted by molar-refractivity contribution is 0.201. The van der Waals surface area contributed by atoms with Crippen molar-refractivity contribution in [2.45, 2.75) is 24.5 Å². The maximum Gasteiger partial charge on any atom is 0.397 e. The van der Waals surface area contributed by atoms with Crippen LogP contribution in [0.15, 0.2) is 93.5 Å². The van der Waals surface area contributed by atoms with Gasteiger partial charge in [0.05, 0.1) is 43.8 Å². The Morgan fingerprint density at radius 2 is 1.03 bits per heavy atom. The number of sulfone groups is 1. The highest BCUT2D eigenvalue weighted by molar-refractivity contribution is 8.19. The summed E-state index contributed by atoms with van der Waals surface area (Å²) in [6.45, 7) is -2.09. The van der Waals surface area contributed by atoms with Gasteiger partial charge in [-0.05, 0) is 53.9 Å². The quantitative estimate of drug-likeness (QED) is 0.0244. The number of nitrogen functional groups attached to an aromatic ring is 1. The molecule has 346 valence electrons. The third-order valence-corrected chi connectivity index (χ3v) is 13.5. The van der Waals surface area contributed by atoms with E-state index in [0.29, 0.717) is 12.1 Å². The number of azo groups is 2. The molecule has 0 aliphatic carbocycles. The number of nitrogens with zero attached hydrogens (tertiary/aromatic N) is 4. The van der Waals surface area contributed by atoms with Crippen LogP contribution in [0.3, 0.4) is 0 Å². The first kappa shape index (κ1) is 50.7. The summed E-state index contributed by atoms with van der Waals surface area (Å²) in [6, 6.07) is 6.38. The van der Waals surface area contributed by atoms with Crippen LogP contribution in [0.2, 0.25) is 0 Å². The van der Waals surface area contributed by atoms with Crippen molar-refractivity contribution in [1.29, 1.82) is 0 Å². The highest BCUT2D eigenvalue weighted by atomic mass is 32.3. The molecule has 0 fully saturated rings. The average molecular weight is 1020 g/mol. The van der Waals surface area contributed by atoms with E-state index in [1.807, 2.05) is 0 Å². The number of phenols is 1. The molecule has 15 N–H and O–H groups in total. The Labute approximate surface area is 353 Å². The van der Waals surface area contributed by atoms with Crippen LogP contribution in [0.1, 0.15) is 0 Å². The summed E-state index contributed by atoms with van der Waals surface area (Å²) < 4.78 is 227. The van der Waals surface area contributed by atoms with Gasteiger partial charge in [0.2, 0.25) is 11.2 Å². The number of phenolic OH excluding ortho intramolecular Hbond substituents is 1. The minimum atomic E-state index is -5.76. The Bertz CT molecular complexity index is 2890. The van der Waals surface area contributed by atoms with E-state index in [4.69, 9.17) is 28.7 Å². The van der Waals surface area contributed by atoms with Gasteiger partial charge in [0.25, 0.3) is 20.2 Å². The fourth-order valence-corrected chi connectivity index (χ4v) is 9.60. The van der Waals surface area contributed by atoms with Crippen LogP contribution in [0.25, 0.3) is 10.8 Å². The fraction of sp³-hybridized carbons (Fsp3) is 0.154. The van der Waals surface area contributed by atoms with Crippen LogP contribution in [-0.2, 0) is 48.8 Å². The summed E-state index contributed by atoms with van der Waals surface area (Å²) in [5.74, 6) is -2.55. The summed E-state index contributed by atoms with van der Waals surface area (Å²) in [4.78, 5) is -6.80. The van der Waals surface area contributed by atoms with Gasteiger partial charge in [0, 0.05) is 0 Å². The summed E-state index contributed by atoms with van der Waals surface area (Å²) in [6.07, 6.45) is 0. The zero-order valence-electron chi connectivity index (χ0n) is 30.0. The molecule has 29 nitrogen and oxygen atoms in total. The molecule has 0 bridgehead atoms. The summed E-state index contributed by atoms with van der Waals surface area (Å²) >= 11 is -4.70. The van der Waals surface area contributed by atoms with Gasteiger partial charge in [-0.3, -0.25) is 31.5 Å². The van der Waals surface area contributed by atoms with Crippen LogP contribution < -0.4 is 10.5 Å². The molecular formula is C26H31N5O24S7. The normalized spacial score (nSPS) is 14.5. The molecule has 0 unspecified atom stereocenters. The number of rotatable bonds is 18. The zero-order chi connectivity index (χ0) is 47.0. The third-order valence-electron chi connectivity index (χ3n) is 7.36.